The molecule has 2 aliphatic rings. The molecule has 6 heterocycles. The van der Waals surface area contributed by atoms with Crippen LogP contribution >= 0.6 is 46.7 Å². The maximum absolute atomic E-state index is 10.4. The number of rotatable bonds is 8. The molecule has 4 aromatic heterocycles. The number of nitrogens with zero attached hydrogens (tertiary/aromatic N) is 8. The van der Waals surface area contributed by atoms with Crippen LogP contribution < -0.4 is 32.7 Å². The summed E-state index contributed by atoms with van der Waals surface area (Å²) < 4.78 is 0. The molecule has 0 radical (unpaired) electrons. The monoisotopic (exact) mass is 760 g/mol. The van der Waals surface area contributed by atoms with Crippen LogP contribution in [0.4, 0.5) is 23.3 Å². The van der Waals surface area contributed by atoms with Crippen LogP contribution in [0.5, 0.6) is 0 Å². The van der Waals surface area contributed by atoms with Gasteiger partial charge in [0.15, 0.2) is 0 Å². The second-order valence-electron chi connectivity index (χ2n) is 12.8. The number of aliphatic hydroxyl groups is 2. The highest BCUT2D eigenvalue weighted by Crippen LogP contribution is 2.37. The van der Waals surface area contributed by atoms with Gasteiger partial charge >= 0.3 is 0 Å². The van der Waals surface area contributed by atoms with Gasteiger partial charge in [0.2, 0.25) is 0 Å². The predicted octanol–water partition coefficient (Wildman–Crippen LogP) is 3.59. The van der Waals surface area contributed by atoms with Crippen LogP contribution in [-0.4, -0.2) is 91.6 Å². The van der Waals surface area contributed by atoms with Crippen molar-refractivity contribution in [1.82, 2.24) is 29.9 Å². The molecular weight excluding hydrogens is 719 g/mol. The summed E-state index contributed by atoms with van der Waals surface area (Å²) >= 11 is 15.1. The van der Waals surface area contributed by atoms with Crippen molar-refractivity contribution in [3.05, 3.63) is 59.4 Å². The lowest BCUT2D eigenvalue weighted by molar-refractivity contribution is 0.0277. The van der Waals surface area contributed by atoms with Gasteiger partial charge in [-0.15, -0.1) is 0 Å². The second-order valence-corrected chi connectivity index (χ2v) is 15.7. The molecule has 0 bridgehead atoms. The molecular formula is C32H42Cl2N12O2S2. The van der Waals surface area contributed by atoms with Crippen LogP contribution in [0.25, 0.3) is 0 Å². The number of nitrogens with two attached hydrogens (primary N) is 4. The highest BCUT2D eigenvalue weighted by molar-refractivity contribution is 7.99. The molecule has 0 aromatic carbocycles. The Morgan fingerprint density at radius 1 is 0.700 bits per heavy atom. The summed E-state index contributed by atoms with van der Waals surface area (Å²) in [6.07, 6.45) is 10.7. The average molecular weight is 762 g/mol. The molecule has 0 amide bonds. The van der Waals surface area contributed by atoms with Gasteiger partial charge in [-0.05, 0) is 25.0 Å². The normalized spacial score (nSPS) is 23.7. The highest BCUT2D eigenvalue weighted by atomic mass is 35.5. The zero-order valence-corrected chi connectivity index (χ0v) is 30.9. The van der Waals surface area contributed by atoms with E-state index in [4.69, 9.17) is 46.1 Å². The number of β-amino-alcohol motifs (C(OH)–C–C–N with tert-alkyl or cyclic N) is 2. The number of piperidine rings is 2. The molecule has 10 N–H and O–H groups in total. The van der Waals surface area contributed by atoms with Gasteiger partial charge in [-0.1, -0.05) is 60.6 Å². The zero-order chi connectivity index (χ0) is 36.1. The number of hydrogen-bond donors (Lipinski definition) is 6. The van der Waals surface area contributed by atoms with Gasteiger partial charge in [-0.25, -0.2) is 29.9 Å². The van der Waals surface area contributed by atoms with E-state index in [0.717, 1.165) is 47.4 Å². The largest absolute Gasteiger partial charge is 0.391 e. The first kappa shape index (κ1) is 38.0. The van der Waals surface area contributed by atoms with Crippen molar-refractivity contribution in [2.75, 3.05) is 60.5 Å². The number of halogens is 2. The third-order valence-electron chi connectivity index (χ3n) is 9.30. The van der Waals surface area contributed by atoms with Crippen molar-refractivity contribution >= 4 is 70.0 Å². The van der Waals surface area contributed by atoms with Gasteiger partial charge in [0.05, 0.1) is 47.0 Å². The van der Waals surface area contributed by atoms with E-state index < -0.39 is 12.2 Å². The number of nitrogen functional groups attached to an aromatic ring is 2. The Morgan fingerprint density at radius 3 is 1.42 bits per heavy atom. The first-order valence-electron chi connectivity index (χ1n) is 15.9. The Hall–Kier alpha value is -3.22. The van der Waals surface area contributed by atoms with E-state index >= 15 is 0 Å². The first-order chi connectivity index (χ1) is 23.9. The van der Waals surface area contributed by atoms with E-state index in [1.807, 2.05) is 23.6 Å². The van der Waals surface area contributed by atoms with Crippen molar-refractivity contribution in [3.8, 4) is 0 Å². The van der Waals surface area contributed by atoms with E-state index in [1.54, 1.807) is 49.3 Å². The molecule has 50 heavy (non-hydrogen) atoms. The number of aliphatic hydroxyl groups excluding tert-OH is 2. The minimum absolute atomic E-state index is 0.238. The van der Waals surface area contributed by atoms with E-state index in [9.17, 15) is 10.2 Å². The minimum Gasteiger partial charge on any atom is -0.391 e. The van der Waals surface area contributed by atoms with Crippen molar-refractivity contribution in [2.24, 2.45) is 22.3 Å². The van der Waals surface area contributed by atoms with Crippen molar-refractivity contribution < 1.29 is 10.2 Å². The maximum Gasteiger partial charge on any atom is 0.147 e. The van der Waals surface area contributed by atoms with Crippen LogP contribution in [0.15, 0.2) is 69.2 Å². The van der Waals surface area contributed by atoms with Crippen LogP contribution in [0.3, 0.4) is 0 Å². The van der Waals surface area contributed by atoms with Gasteiger partial charge in [0, 0.05) is 72.3 Å². The molecule has 6 rings (SSSR count). The van der Waals surface area contributed by atoms with Crippen LogP contribution in [0.1, 0.15) is 26.7 Å². The number of hydrogen-bond acceptors (Lipinski definition) is 16. The summed E-state index contributed by atoms with van der Waals surface area (Å²) in [5, 5.41) is 23.0. The van der Waals surface area contributed by atoms with Crippen LogP contribution in [0, 0.1) is 10.8 Å². The summed E-state index contributed by atoms with van der Waals surface area (Å²) in [5.41, 5.74) is 22.5. The Morgan fingerprint density at radius 2 is 1.10 bits per heavy atom. The fourth-order valence-corrected chi connectivity index (χ4v) is 7.34. The molecule has 0 aliphatic carbocycles. The van der Waals surface area contributed by atoms with Crippen LogP contribution in [-0.2, 0) is 0 Å². The molecule has 0 unspecified atom stereocenters. The molecule has 2 aliphatic heterocycles. The summed E-state index contributed by atoms with van der Waals surface area (Å²) in [5.74, 6) is 2.06. The minimum atomic E-state index is -0.485. The Labute approximate surface area is 309 Å². The number of pyridine rings is 2. The number of anilines is 4. The molecule has 0 saturated carbocycles. The maximum atomic E-state index is 10.4. The zero-order valence-electron chi connectivity index (χ0n) is 27.8. The fraction of sp³-hybridized carbons (Fsp3) is 0.438. The molecule has 4 atom stereocenters. The van der Waals surface area contributed by atoms with Gasteiger partial charge in [-0.2, -0.15) is 0 Å². The summed E-state index contributed by atoms with van der Waals surface area (Å²) in [7, 11) is 0. The molecule has 2 fully saturated rings. The standard InChI is InChI=1S/2C16H21ClN6OS/c2*1-16(9-18)3-5-23(8-11(16)24)12-6-22-13(7-21-12)25-10-2-4-20-15(19)14(10)17/h2*2,4,6-7,11,24H,3,5,8-9,18H2,1H3,(H2,19,20)/t2*11-,16-/m10/s1. The SMILES string of the molecule is C[C@@]1(CN)CCN(c2cnc(Sc3ccnc(N)c3Cl)cn2)C[C@@H]1O.C[C@]1(CN)CCN(c2cnc(Sc3ccnc(N)c3Cl)cn2)C[C@H]1O. The third-order valence-corrected chi connectivity index (χ3v) is 12.3. The van der Waals surface area contributed by atoms with E-state index in [2.05, 4.69) is 29.9 Å². The van der Waals surface area contributed by atoms with Crippen molar-refractivity contribution in [2.45, 2.75) is 58.7 Å². The quantitative estimate of drug-likeness (QED) is 0.151. The number of aromatic nitrogens is 6. The van der Waals surface area contributed by atoms with Gasteiger partial charge in [0.1, 0.15) is 33.3 Å². The molecule has 14 nitrogen and oxygen atoms in total. The van der Waals surface area contributed by atoms with Gasteiger partial charge in [-0.3, -0.25) is 0 Å². The van der Waals surface area contributed by atoms with E-state index in [0.29, 0.717) is 57.9 Å². The molecule has 2 saturated heterocycles. The lowest BCUT2D eigenvalue weighted by atomic mass is 9.78. The topological polar surface area (TPSA) is 228 Å². The average Bonchev–Trinajstić information content (AvgIpc) is 3.12. The fourth-order valence-electron chi connectivity index (χ4n) is 5.36. The Kier molecular flexibility index (Phi) is 12.5. The van der Waals surface area contributed by atoms with E-state index in [-0.39, 0.29) is 10.8 Å². The predicted molar refractivity (Wildman–Crippen MR) is 200 cm³/mol. The Bertz CT molecular complexity index is 1620. The summed E-state index contributed by atoms with van der Waals surface area (Å²) in [4.78, 5) is 31.3. The lowest BCUT2D eigenvalue weighted by Gasteiger charge is -2.43. The highest BCUT2D eigenvalue weighted by Gasteiger charge is 2.38. The third kappa shape index (κ3) is 8.80. The lowest BCUT2D eigenvalue weighted by Crippen LogP contribution is -2.53. The van der Waals surface area contributed by atoms with Crippen molar-refractivity contribution in [3.63, 3.8) is 0 Å². The molecule has 0 spiro atoms. The van der Waals surface area contributed by atoms with Crippen LogP contribution in [0.2, 0.25) is 10.0 Å². The summed E-state index contributed by atoms with van der Waals surface area (Å²) in [6, 6.07) is 3.57. The molecule has 18 heteroatoms. The summed E-state index contributed by atoms with van der Waals surface area (Å²) in [6.45, 7) is 7.56. The molecule has 4 aromatic rings. The van der Waals surface area contributed by atoms with Crippen molar-refractivity contribution in [1.29, 1.82) is 0 Å². The smallest absolute Gasteiger partial charge is 0.147 e. The van der Waals surface area contributed by atoms with Gasteiger partial charge in [0.25, 0.3) is 0 Å². The second kappa shape index (κ2) is 16.4. The Balaban J connectivity index is 0.000000194. The van der Waals surface area contributed by atoms with Gasteiger partial charge < -0.3 is 42.9 Å². The van der Waals surface area contributed by atoms with E-state index in [1.165, 1.54) is 23.5 Å². The molecule has 268 valence electrons. The first-order valence-corrected chi connectivity index (χ1v) is 18.3.